The van der Waals surface area contributed by atoms with Crippen LogP contribution >= 0.6 is 11.8 Å². The largest absolute Gasteiger partial charge is 0.354 e. The summed E-state index contributed by atoms with van der Waals surface area (Å²) in [6.45, 7) is 4.29. The third kappa shape index (κ3) is 4.84. The molecule has 0 saturated carbocycles. The summed E-state index contributed by atoms with van der Waals surface area (Å²) in [7, 11) is 1.70. The quantitative estimate of drug-likeness (QED) is 0.566. The number of anilines is 1. The van der Waals surface area contributed by atoms with Gasteiger partial charge in [-0.25, -0.2) is 8.78 Å². The first kappa shape index (κ1) is 23.9. The Morgan fingerprint density at radius 3 is 2.62 bits per heavy atom. The minimum absolute atomic E-state index is 0.0296. The molecule has 3 aromatic rings. The normalized spacial score (nSPS) is 15.9. The molecule has 1 aliphatic rings. The van der Waals surface area contributed by atoms with E-state index in [0.29, 0.717) is 23.6 Å². The second kappa shape index (κ2) is 9.97. The average Bonchev–Trinajstić information content (AvgIpc) is 3.07. The maximum atomic E-state index is 14.9. The Hall–Kier alpha value is -3.20. The summed E-state index contributed by atoms with van der Waals surface area (Å²) in [6, 6.07) is 12.9. The molecule has 0 radical (unpaired) electrons. The van der Waals surface area contributed by atoms with Gasteiger partial charge in [0.1, 0.15) is 24.0 Å². The lowest BCUT2D eigenvalue weighted by molar-refractivity contribution is -0.123. The van der Waals surface area contributed by atoms with Gasteiger partial charge in [-0.1, -0.05) is 50.2 Å². The lowest BCUT2D eigenvalue weighted by atomic mass is 9.99. The van der Waals surface area contributed by atoms with Gasteiger partial charge in [0.2, 0.25) is 11.8 Å². The van der Waals surface area contributed by atoms with Gasteiger partial charge in [0.25, 0.3) is 0 Å². The summed E-state index contributed by atoms with van der Waals surface area (Å²) in [5, 5.41) is 6.90. The number of rotatable bonds is 6. The molecule has 2 heterocycles. The number of carbonyl (C=O) groups excluding carboxylic acids is 2. The van der Waals surface area contributed by atoms with Crippen molar-refractivity contribution in [3.8, 4) is 11.3 Å². The van der Waals surface area contributed by atoms with Crippen molar-refractivity contribution in [1.82, 2.24) is 15.1 Å². The maximum Gasteiger partial charge on any atom is 0.240 e. The fourth-order valence-corrected chi connectivity index (χ4v) is 5.20. The van der Waals surface area contributed by atoms with E-state index >= 15 is 0 Å². The first-order valence-corrected chi connectivity index (χ1v) is 12.1. The Morgan fingerprint density at radius 2 is 1.94 bits per heavy atom. The van der Waals surface area contributed by atoms with E-state index in [-0.39, 0.29) is 35.6 Å². The van der Waals surface area contributed by atoms with Crippen LogP contribution < -0.4 is 10.2 Å². The van der Waals surface area contributed by atoms with Crippen molar-refractivity contribution in [3.05, 3.63) is 71.3 Å². The molecule has 4 rings (SSSR count). The molecule has 2 amide bonds. The molecule has 1 aliphatic heterocycles. The molecule has 0 unspecified atom stereocenters. The maximum absolute atomic E-state index is 14.9. The summed E-state index contributed by atoms with van der Waals surface area (Å²) in [5.74, 6) is -1.20. The first-order valence-electron chi connectivity index (χ1n) is 11.0. The van der Waals surface area contributed by atoms with Crippen LogP contribution in [0.1, 0.15) is 30.2 Å². The third-order valence-corrected chi connectivity index (χ3v) is 6.78. The number of aromatic nitrogens is 2. The highest BCUT2D eigenvalue weighted by molar-refractivity contribution is 8.00. The van der Waals surface area contributed by atoms with E-state index < -0.39 is 16.9 Å². The van der Waals surface area contributed by atoms with Crippen molar-refractivity contribution in [2.45, 2.75) is 19.1 Å². The number of thioether (sulfide) groups is 1. The Labute approximate surface area is 201 Å². The van der Waals surface area contributed by atoms with Gasteiger partial charge in [0.15, 0.2) is 0 Å². The predicted molar refractivity (Wildman–Crippen MR) is 130 cm³/mol. The van der Waals surface area contributed by atoms with E-state index in [1.807, 2.05) is 44.2 Å². The molecule has 178 valence electrons. The lowest BCUT2D eigenvalue weighted by Crippen LogP contribution is -2.43. The van der Waals surface area contributed by atoms with Crippen molar-refractivity contribution in [1.29, 1.82) is 0 Å². The molecule has 1 N–H and O–H groups in total. The molecule has 0 aliphatic carbocycles. The number of halogens is 2. The Kier molecular flexibility index (Phi) is 7.02. The van der Waals surface area contributed by atoms with E-state index in [1.54, 1.807) is 11.7 Å². The van der Waals surface area contributed by atoms with E-state index in [9.17, 15) is 18.4 Å². The van der Waals surface area contributed by atoms with Crippen molar-refractivity contribution in [2.75, 3.05) is 23.7 Å². The SMILES string of the molecule is CC(C)CNC(=O)CN1C(=O)CS[C@H](c2ccc(F)cc2F)c2c(-c3ccccc3)nn(C)c21. The monoisotopic (exact) mass is 484 g/mol. The highest BCUT2D eigenvalue weighted by Gasteiger charge is 2.37. The van der Waals surface area contributed by atoms with Gasteiger partial charge in [-0.2, -0.15) is 5.10 Å². The van der Waals surface area contributed by atoms with Crippen molar-refractivity contribution < 1.29 is 18.4 Å². The molecule has 0 spiro atoms. The average molecular weight is 485 g/mol. The highest BCUT2D eigenvalue weighted by atomic mass is 32.2. The van der Waals surface area contributed by atoms with Gasteiger partial charge in [-0.15, -0.1) is 11.8 Å². The zero-order valence-electron chi connectivity index (χ0n) is 19.2. The van der Waals surface area contributed by atoms with Crippen LogP contribution in [0.4, 0.5) is 14.6 Å². The highest BCUT2D eigenvalue weighted by Crippen LogP contribution is 2.48. The fourth-order valence-electron chi connectivity index (χ4n) is 3.98. The fraction of sp³-hybridized carbons (Fsp3) is 0.320. The number of benzene rings is 2. The molecule has 0 fully saturated rings. The molecular formula is C25H26F2N4O2S. The van der Waals surface area contributed by atoms with Crippen LogP contribution in [0.25, 0.3) is 11.3 Å². The van der Waals surface area contributed by atoms with Crippen LogP contribution in [-0.2, 0) is 16.6 Å². The van der Waals surface area contributed by atoms with Crippen LogP contribution in [0.3, 0.4) is 0 Å². The predicted octanol–water partition coefficient (Wildman–Crippen LogP) is 4.31. The molecule has 34 heavy (non-hydrogen) atoms. The summed E-state index contributed by atoms with van der Waals surface area (Å²) in [5.41, 5.74) is 2.26. The molecular weight excluding hydrogens is 458 g/mol. The summed E-state index contributed by atoms with van der Waals surface area (Å²) < 4.78 is 30.2. The number of hydrogen-bond donors (Lipinski definition) is 1. The van der Waals surface area contributed by atoms with Crippen molar-refractivity contribution in [3.63, 3.8) is 0 Å². The molecule has 1 aromatic heterocycles. The second-order valence-electron chi connectivity index (χ2n) is 8.61. The number of amides is 2. The summed E-state index contributed by atoms with van der Waals surface area (Å²) in [4.78, 5) is 27.3. The number of carbonyl (C=O) groups is 2. The van der Waals surface area contributed by atoms with Crippen LogP contribution in [0, 0.1) is 17.6 Å². The molecule has 9 heteroatoms. The second-order valence-corrected chi connectivity index (χ2v) is 9.70. The smallest absolute Gasteiger partial charge is 0.240 e. The Balaban J connectivity index is 1.86. The topological polar surface area (TPSA) is 67.2 Å². The van der Waals surface area contributed by atoms with Gasteiger partial charge >= 0.3 is 0 Å². The minimum atomic E-state index is -0.693. The molecule has 6 nitrogen and oxygen atoms in total. The number of hydrogen-bond acceptors (Lipinski definition) is 4. The van der Waals surface area contributed by atoms with Gasteiger partial charge in [0, 0.05) is 36.3 Å². The number of nitrogens with zero attached hydrogens (tertiary/aromatic N) is 3. The van der Waals surface area contributed by atoms with Crippen molar-refractivity contribution in [2.24, 2.45) is 13.0 Å². The lowest BCUT2D eigenvalue weighted by Gasteiger charge is -2.22. The van der Waals surface area contributed by atoms with Gasteiger partial charge in [0.05, 0.1) is 16.7 Å². The van der Waals surface area contributed by atoms with Crippen LogP contribution in [0.5, 0.6) is 0 Å². The van der Waals surface area contributed by atoms with E-state index in [0.717, 1.165) is 11.6 Å². The van der Waals surface area contributed by atoms with Gasteiger partial charge in [-0.05, 0) is 12.0 Å². The number of nitrogens with one attached hydrogen (secondary N) is 1. The van der Waals surface area contributed by atoms with E-state index in [2.05, 4.69) is 10.4 Å². The zero-order chi connectivity index (χ0) is 24.4. The molecule has 2 aromatic carbocycles. The first-order chi connectivity index (χ1) is 16.3. The Morgan fingerprint density at radius 1 is 1.21 bits per heavy atom. The van der Waals surface area contributed by atoms with Gasteiger partial charge in [-0.3, -0.25) is 19.2 Å². The minimum Gasteiger partial charge on any atom is -0.354 e. The van der Waals surface area contributed by atoms with Crippen LogP contribution in [0.15, 0.2) is 48.5 Å². The summed E-state index contributed by atoms with van der Waals surface area (Å²) in [6.07, 6.45) is 0. The molecule has 0 bridgehead atoms. The standard InChI is InChI=1S/C25H26F2N4O2S/c1-15(2)12-28-20(32)13-31-21(33)14-34-24(18-10-9-17(26)11-19(18)27)22-23(29-30(3)25(22)31)16-7-5-4-6-8-16/h4-11,15,24H,12-14H2,1-3H3,(H,28,32)/t24-/m1/s1. The summed E-state index contributed by atoms with van der Waals surface area (Å²) >= 11 is 1.24. The molecule has 0 saturated heterocycles. The van der Waals surface area contributed by atoms with E-state index in [4.69, 9.17) is 0 Å². The van der Waals surface area contributed by atoms with Crippen LogP contribution in [0.2, 0.25) is 0 Å². The number of fused-ring (bicyclic) bond motifs is 1. The molecule has 1 atom stereocenters. The zero-order valence-corrected chi connectivity index (χ0v) is 20.0. The Bertz CT molecular complexity index is 1210. The number of aryl methyl sites for hydroxylation is 1. The van der Waals surface area contributed by atoms with Gasteiger partial charge < -0.3 is 5.32 Å². The third-order valence-electron chi connectivity index (χ3n) is 5.55. The van der Waals surface area contributed by atoms with Crippen molar-refractivity contribution >= 4 is 29.4 Å². The van der Waals surface area contributed by atoms with Crippen LogP contribution in [-0.4, -0.2) is 40.4 Å². The van der Waals surface area contributed by atoms with E-state index in [1.165, 1.54) is 28.8 Å².